The summed E-state index contributed by atoms with van der Waals surface area (Å²) in [6.45, 7) is 0. The number of imidazole rings is 1. The van der Waals surface area contributed by atoms with E-state index < -0.39 is 5.97 Å². The highest BCUT2D eigenvalue weighted by Gasteiger charge is 2.11. The van der Waals surface area contributed by atoms with Gasteiger partial charge in [-0.2, -0.15) is 0 Å². The van der Waals surface area contributed by atoms with Gasteiger partial charge in [-0.15, -0.1) is 0 Å². The Morgan fingerprint density at radius 3 is 2.72 bits per heavy atom. The van der Waals surface area contributed by atoms with Crippen molar-refractivity contribution in [3.05, 3.63) is 47.0 Å². The van der Waals surface area contributed by atoms with Crippen LogP contribution < -0.4 is 5.32 Å². The maximum atomic E-state index is 11.7. The Bertz CT molecular complexity index is 596. The number of carboxylic acids is 1. The first-order valence-corrected chi connectivity index (χ1v) is 5.28. The monoisotopic (exact) mass is 265 g/mol. The third-order valence-corrected chi connectivity index (χ3v) is 2.51. The van der Waals surface area contributed by atoms with Crippen LogP contribution in [0.15, 0.2) is 30.7 Å². The predicted octanol–water partition coefficient (Wildman–Crippen LogP) is 2.01. The summed E-state index contributed by atoms with van der Waals surface area (Å²) in [6, 6.07) is 4.16. The van der Waals surface area contributed by atoms with Crippen LogP contribution in [0.1, 0.15) is 20.8 Å². The Morgan fingerprint density at radius 1 is 1.39 bits per heavy atom. The minimum absolute atomic E-state index is 0.0174. The maximum Gasteiger partial charge on any atom is 0.337 e. The molecule has 0 saturated carbocycles. The van der Waals surface area contributed by atoms with Crippen LogP contribution in [-0.4, -0.2) is 27.0 Å². The number of aromatic carboxylic acids is 1. The number of carbonyl (C=O) groups is 2. The summed E-state index contributed by atoms with van der Waals surface area (Å²) in [7, 11) is 0. The van der Waals surface area contributed by atoms with Crippen molar-refractivity contribution in [2.45, 2.75) is 0 Å². The molecule has 18 heavy (non-hydrogen) atoms. The van der Waals surface area contributed by atoms with E-state index >= 15 is 0 Å². The van der Waals surface area contributed by atoms with Gasteiger partial charge in [0.15, 0.2) is 0 Å². The lowest BCUT2D eigenvalue weighted by molar-refractivity contribution is 0.0697. The highest BCUT2D eigenvalue weighted by molar-refractivity contribution is 6.33. The van der Waals surface area contributed by atoms with Gasteiger partial charge in [-0.05, 0) is 18.2 Å². The molecule has 0 aliphatic carbocycles. The Labute approximate surface area is 107 Å². The van der Waals surface area contributed by atoms with Crippen LogP contribution in [0.3, 0.4) is 0 Å². The van der Waals surface area contributed by atoms with Gasteiger partial charge in [-0.3, -0.25) is 4.79 Å². The molecule has 1 aromatic carbocycles. The third-order valence-electron chi connectivity index (χ3n) is 2.20. The number of carboxylic acid groups (broad SMARTS) is 1. The van der Waals surface area contributed by atoms with Crippen LogP contribution in [0, 0.1) is 0 Å². The van der Waals surface area contributed by atoms with Crippen LogP contribution in [0.2, 0.25) is 5.02 Å². The zero-order chi connectivity index (χ0) is 13.1. The number of carbonyl (C=O) groups excluding carboxylic acids is 1. The molecule has 7 heteroatoms. The summed E-state index contributed by atoms with van der Waals surface area (Å²) in [5.41, 5.74) is 0.689. The van der Waals surface area contributed by atoms with Gasteiger partial charge in [-0.25, -0.2) is 9.78 Å². The van der Waals surface area contributed by atoms with Gasteiger partial charge < -0.3 is 15.4 Å². The van der Waals surface area contributed by atoms with Gasteiger partial charge >= 0.3 is 5.97 Å². The van der Waals surface area contributed by atoms with Gasteiger partial charge in [0.2, 0.25) is 0 Å². The van der Waals surface area contributed by atoms with Crippen molar-refractivity contribution in [2.75, 3.05) is 5.32 Å². The molecule has 92 valence electrons. The van der Waals surface area contributed by atoms with E-state index in [1.807, 2.05) is 0 Å². The summed E-state index contributed by atoms with van der Waals surface area (Å²) in [5.74, 6) is -1.50. The topological polar surface area (TPSA) is 95.1 Å². The molecule has 0 spiro atoms. The van der Waals surface area contributed by atoms with Crippen molar-refractivity contribution in [2.24, 2.45) is 0 Å². The first-order chi connectivity index (χ1) is 8.58. The molecule has 1 aromatic heterocycles. The second-order valence-corrected chi connectivity index (χ2v) is 3.83. The van der Waals surface area contributed by atoms with E-state index in [0.717, 1.165) is 0 Å². The molecule has 0 saturated heterocycles. The molecule has 0 fully saturated rings. The van der Waals surface area contributed by atoms with Crippen molar-refractivity contribution in [3.63, 3.8) is 0 Å². The maximum absolute atomic E-state index is 11.7. The van der Waals surface area contributed by atoms with E-state index in [2.05, 4.69) is 15.3 Å². The highest BCUT2D eigenvalue weighted by Crippen LogP contribution is 2.21. The van der Waals surface area contributed by atoms with Crippen LogP contribution in [0.5, 0.6) is 0 Å². The Hall–Kier alpha value is -2.34. The molecule has 3 N–H and O–H groups in total. The molecule has 0 aliphatic heterocycles. The number of benzene rings is 1. The van der Waals surface area contributed by atoms with E-state index in [1.54, 1.807) is 0 Å². The fourth-order valence-electron chi connectivity index (χ4n) is 1.34. The third kappa shape index (κ3) is 2.49. The van der Waals surface area contributed by atoms with Crippen molar-refractivity contribution < 1.29 is 14.7 Å². The molecule has 6 nitrogen and oxygen atoms in total. The summed E-state index contributed by atoms with van der Waals surface area (Å²) in [5, 5.41) is 11.4. The summed E-state index contributed by atoms with van der Waals surface area (Å²) >= 11 is 5.78. The summed E-state index contributed by atoms with van der Waals surface area (Å²) in [6.07, 6.45) is 2.76. The van der Waals surface area contributed by atoms with Gasteiger partial charge in [0.1, 0.15) is 5.69 Å². The number of halogens is 1. The molecule has 1 heterocycles. The minimum Gasteiger partial charge on any atom is -0.478 e. The first kappa shape index (κ1) is 12.1. The lowest BCUT2D eigenvalue weighted by Gasteiger charge is -2.05. The number of H-pyrrole nitrogens is 1. The Balaban J connectivity index is 2.18. The van der Waals surface area contributed by atoms with Crippen molar-refractivity contribution in [1.82, 2.24) is 9.97 Å². The zero-order valence-electron chi connectivity index (χ0n) is 8.98. The normalized spacial score (nSPS) is 10.1. The van der Waals surface area contributed by atoms with Gasteiger partial charge in [0.05, 0.1) is 23.1 Å². The van der Waals surface area contributed by atoms with Crippen molar-refractivity contribution in [3.8, 4) is 0 Å². The molecule has 0 radical (unpaired) electrons. The zero-order valence-corrected chi connectivity index (χ0v) is 9.73. The fraction of sp³-hybridized carbons (Fsp3) is 0. The van der Waals surface area contributed by atoms with Crippen molar-refractivity contribution in [1.29, 1.82) is 0 Å². The average Bonchev–Trinajstić information content (AvgIpc) is 2.81. The number of nitrogens with zero attached hydrogens (tertiary/aromatic N) is 1. The summed E-state index contributed by atoms with van der Waals surface area (Å²) in [4.78, 5) is 28.8. The number of amides is 1. The quantitative estimate of drug-likeness (QED) is 0.791. The number of rotatable bonds is 3. The van der Waals surface area contributed by atoms with Crippen LogP contribution in [0.4, 0.5) is 5.69 Å². The summed E-state index contributed by atoms with van der Waals surface area (Å²) < 4.78 is 0. The van der Waals surface area contributed by atoms with E-state index in [1.165, 1.54) is 30.7 Å². The smallest absolute Gasteiger partial charge is 0.337 e. The number of aromatic nitrogens is 2. The molecule has 0 unspecified atom stereocenters. The second kappa shape index (κ2) is 4.89. The molecular weight excluding hydrogens is 258 g/mol. The first-order valence-electron chi connectivity index (χ1n) is 4.90. The van der Waals surface area contributed by atoms with Gasteiger partial charge in [0.25, 0.3) is 5.91 Å². The number of hydrogen-bond donors (Lipinski definition) is 3. The molecule has 0 atom stereocenters. The van der Waals surface area contributed by atoms with Gasteiger partial charge in [0, 0.05) is 5.69 Å². The van der Waals surface area contributed by atoms with E-state index in [0.29, 0.717) is 11.4 Å². The number of hydrogen-bond acceptors (Lipinski definition) is 3. The van der Waals surface area contributed by atoms with Crippen LogP contribution in [0.25, 0.3) is 0 Å². The van der Waals surface area contributed by atoms with E-state index in [4.69, 9.17) is 16.7 Å². The highest BCUT2D eigenvalue weighted by atomic mass is 35.5. The Morgan fingerprint density at radius 2 is 2.17 bits per heavy atom. The molecule has 0 bridgehead atoms. The van der Waals surface area contributed by atoms with E-state index in [-0.39, 0.29) is 16.5 Å². The largest absolute Gasteiger partial charge is 0.478 e. The minimum atomic E-state index is -1.12. The fourth-order valence-corrected chi connectivity index (χ4v) is 1.61. The number of anilines is 1. The molecule has 0 aliphatic rings. The SMILES string of the molecule is O=C(Nc1ccc(C(=O)O)c(Cl)c1)c1cnc[nH]1. The lowest BCUT2D eigenvalue weighted by Crippen LogP contribution is -2.12. The average molecular weight is 266 g/mol. The second-order valence-electron chi connectivity index (χ2n) is 3.42. The Kier molecular flexibility index (Phi) is 3.29. The number of nitrogens with one attached hydrogen (secondary N) is 2. The molecule has 1 amide bonds. The standard InChI is InChI=1S/C11H8ClN3O3/c12-8-3-6(1-2-7(8)11(17)18)15-10(16)9-4-13-5-14-9/h1-5H,(H,13,14)(H,15,16)(H,17,18). The lowest BCUT2D eigenvalue weighted by atomic mass is 10.2. The molecule has 2 aromatic rings. The van der Waals surface area contributed by atoms with E-state index in [9.17, 15) is 9.59 Å². The molecular formula is C11H8ClN3O3. The van der Waals surface area contributed by atoms with Crippen molar-refractivity contribution >= 4 is 29.2 Å². The van der Waals surface area contributed by atoms with Crippen LogP contribution in [-0.2, 0) is 0 Å². The number of aromatic amines is 1. The predicted molar refractivity (Wildman–Crippen MR) is 65.0 cm³/mol. The van der Waals surface area contributed by atoms with Crippen LogP contribution >= 0.6 is 11.6 Å². The molecule has 2 rings (SSSR count). The van der Waals surface area contributed by atoms with Gasteiger partial charge in [-0.1, -0.05) is 11.6 Å².